The number of nitrogens with zero attached hydrogens (tertiary/aromatic N) is 2. The smallest absolute Gasteiger partial charge is 0.356 e. The largest absolute Gasteiger partial charge is 0.597 e. The lowest BCUT2D eigenvalue weighted by Gasteiger charge is -2.43. The van der Waals surface area contributed by atoms with Crippen molar-refractivity contribution in [1.82, 2.24) is 9.29 Å². The predicted octanol–water partition coefficient (Wildman–Crippen LogP) is 7.21. The Morgan fingerprint density at radius 2 is 1.46 bits per heavy atom. The van der Waals surface area contributed by atoms with Crippen molar-refractivity contribution >= 4 is 36.0 Å². The first-order valence-corrected chi connectivity index (χ1v) is 19.1. The summed E-state index contributed by atoms with van der Waals surface area (Å²) in [7, 11) is -2.78. The maximum absolute atomic E-state index is 14.2. The van der Waals surface area contributed by atoms with Crippen LogP contribution in [0.5, 0.6) is 0 Å². The lowest BCUT2D eigenvalue weighted by atomic mass is 9.96. The minimum atomic E-state index is -2.78. The van der Waals surface area contributed by atoms with Gasteiger partial charge in [-0.2, -0.15) is 0 Å². The third-order valence-corrected chi connectivity index (χ3v) is 15.4. The molecule has 0 amide bonds. The fraction of sp³-hybridized carbons (Fsp3) is 0.368. The van der Waals surface area contributed by atoms with Gasteiger partial charge in [0, 0.05) is 29.1 Å². The summed E-state index contributed by atoms with van der Waals surface area (Å²) in [5.41, 5.74) is 3.86. The Morgan fingerprint density at radius 3 is 1.96 bits per heavy atom. The van der Waals surface area contributed by atoms with Crippen molar-refractivity contribution in [3.63, 3.8) is 0 Å². The second-order valence-electron chi connectivity index (χ2n) is 13.8. The van der Waals surface area contributed by atoms with E-state index in [0.717, 1.165) is 22.4 Å². The van der Waals surface area contributed by atoms with E-state index in [1.807, 2.05) is 69.3 Å². The number of carbonyl (C=O) groups is 1. The summed E-state index contributed by atoms with van der Waals surface area (Å²) in [5, 5.41) is 2.28. The molecule has 2 heterocycles. The quantitative estimate of drug-likeness (QED) is 0.102. The molecule has 1 unspecified atom stereocenters. The number of esters is 1. The van der Waals surface area contributed by atoms with Crippen LogP contribution in [0.25, 0.3) is 11.3 Å². The fourth-order valence-corrected chi connectivity index (χ4v) is 12.5. The molecule has 3 aromatic carbocycles. The van der Waals surface area contributed by atoms with Gasteiger partial charge < -0.3 is 13.7 Å². The van der Waals surface area contributed by atoms with Gasteiger partial charge in [-0.15, -0.1) is 4.31 Å². The monoisotopic (exact) mass is 654 g/mol. The molecule has 6 nitrogen and oxygen atoms in total. The zero-order valence-electron chi connectivity index (χ0n) is 28.1. The van der Waals surface area contributed by atoms with Gasteiger partial charge >= 0.3 is 5.97 Å². The van der Waals surface area contributed by atoms with Crippen LogP contribution < -0.4 is 10.4 Å². The first kappa shape index (κ1) is 34.1. The lowest BCUT2D eigenvalue weighted by Crippen LogP contribution is -2.66. The van der Waals surface area contributed by atoms with Crippen LogP contribution >= 0.6 is 0 Å². The fourth-order valence-electron chi connectivity index (χ4n) is 6.56. The van der Waals surface area contributed by atoms with Crippen LogP contribution in [0.3, 0.4) is 0 Å². The van der Waals surface area contributed by atoms with Gasteiger partial charge in [0.15, 0.2) is 0 Å². The molecule has 46 heavy (non-hydrogen) atoms. The highest BCUT2D eigenvalue weighted by Crippen LogP contribution is 2.46. The zero-order chi connectivity index (χ0) is 33.1. The number of ether oxygens (including phenoxy) is 1. The molecule has 8 heteroatoms. The van der Waals surface area contributed by atoms with Crippen LogP contribution in [0.15, 0.2) is 97.1 Å². The van der Waals surface area contributed by atoms with Gasteiger partial charge in [-0.05, 0) is 61.2 Å². The van der Waals surface area contributed by atoms with Crippen LogP contribution in [0.1, 0.15) is 82.5 Å². The molecule has 1 aliphatic heterocycles. The molecule has 242 valence electrons. The van der Waals surface area contributed by atoms with E-state index in [-0.39, 0.29) is 23.4 Å². The third-order valence-electron chi connectivity index (χ3n) is 8.55. The maximum atomic E-state index is 14.2. The first-order chi connectivity index (χ1) is 21.9. The summed E-state index contributed by atoms with van der Waals surface area (Å²) in [6, 6.07) is 32.8. The number of aromatic nitrogens is 1. The first-order valence-electron chi connectivity index (χ1n) is 16.1. The van der Waals surface area contributed by atoms with E-state index in [1.54, 1.807) is 6.92 Å². The summed E-state index contributed by atoms with van der Waals surface area (Å²) in [6.45, 7) is 15.8. The molecule has 0 spiro atoms. The minimum absolute atomic E-state index is 0.164. The van der Waals surface area contributed by atoms with Crippen LogP contribution in [-0.2, 0) is 27.1 Å². The maximum Gasteiger partial charge on any atom is 0.356 e. The van der Waals surface area contributed by atoms with E-state index in [1.165, 1.54) is 10.4 Å². The lowest BCUT2D eigenvalue weighted by molar-refractivity contribution is 0.0519. The normalized spacial score (nSPS) is 16.2. The Hall–Kier alpha value is -3.27. The number of carbonyl (C=O) groups excluding carboxylic acids is 1. The van der Waals surface area contributed by atoms with Gasteiger partial charge in [-0.1, -0.05) is 112 Å². The minimum Gasteiger partial charge on any atom is -0.597 e. The topological polar surface area (TPSA) is 74.7 Å². The highest BCUT2D eigenvalue weighted by atomic mass is 32.2. The number of pyridine rings is 1. The molecule has 0 aliphatic carbocycles. The van der Waals surface area contributed by atoms with Crippen molar-refractivity contribution < 1.29 is 18.5 Å². The molecule has 1 aromatic heterocycles. The Kier molecular flexibility index (Phi) is 10.2. The standard InChI is InChI=1S/C38H46N2O4SSi/c1-8-43-36(41)32-26-29-27-40(45(42)37(2,3)4)33(34(29)35(39-32)28-18-12-9-13-19-28)24-25-44-46(38(5,6)7,30-20-14-10-15-21-30)31-22-16-11-17-23-31/h9-23,26,33H,8,24-25,27H2,1-7H3/t33-,45?/m1/s1. The highest BCUT2D eigenvalue weighted by molar-refractivity contribution is 7.90. The Labute approximate surface area is 278 Å². The SMILES string of the molecule is CCOC(=O)c1cc2c(c(-c3ccccc3)n1)[C@@H](CCO[Si](c1ccccc1)(c1ccccc1)C(C)(C)C)N([S+]([O-])C(C)(C)C)C2. The molecular weight excluding hydrogens is 609 g/mol. The van der Waals surface area contributed by atoms with Gasteiger partial charge in [0.05, 0.1) is 24.9 Å². The molecule has 0 bridgehead atoms. The summed E-state index contributed by atoms with van der Waals surface area (Å²) in [5.74, 6) is -0.454. The summed E-state index contributed by atoms with van der Waals surface area (Å²) >= 11 is -1.32. The number of hydrogen-bond donors (Lipinski definition) is 0. The molecule has 4 aromatic rings. The number of benzene rings is 3. The average molecular weight is 655 g/mol. The molecule has 1 aliphatic rings. The van der Waals surface area contributed by atoms with Crippen molar-refractivity contribution in [2.75, 3.05) is 13.2 Å². The van der Waals surface area contributed by atoms with Crippen molar-refractivity contribution in [3.8, 4) is 11.3 Å². The molecule has 0 fully saturated rings. The Balaban J connectivity index is 1.61. The van der Waals surface area contributed by atoms with E-state index in [4.69, 9.17) is 14.1 Å². The van der Waals surface area contributed by atoms with Crippen LogP contribution in [-0.4, -0.2) is 46.1 Å². The second-order valence-corrected chi connectivity index (χ2v) is 20.3. The van der Waals surface area contributed by atoms with E-state index in [9.17, 15) is 9.35 Å². The van der Waals surface area contributed by atoms with E-state index < -0.39 is 30.4 Å². The third kappa shape index (κ3) is 6.73. The van der Waals surface area contributed by atoms with Crippen molar-refractivity contribution in [1.29, 1.82) is 0 Å². The van der Waals surface area contributed by atoms with Crippen LogP contribution in [0.4, 0.5) is 0 Å². The number of fused-ring (bicyclic) bond motifs is 1. The zero-order valence-corrected chi connectivity index (χ0v) is 29.9. The van der Waals surface area contributed by atoms with Gasteiger partial charge in [0.25, 0.3) is 8.32 Å². The van der Waals surface area contributed by atoms with Crippen molar-refractivity contribution in [2.45, 2.75) is 77.3 Å². The number of hydrogen-bond acceptors (Lipinski definition) is 6. The molecule has 2 atom stereocenters. The van der Waals surface area contributed by atoms with E-state index in [0.29, 0.717) is 19.6 Å². The second kappa shape index (κ2) is 13.8. The Bertz CT molecular complexity index is 1580. The van der Waals surface area contributed by atoms with E-state index in [2.05, 4.69) is 73.6 Å². The van der Waals surface area contributed by atoms with Gasteiger partial charge in [-0.25, -0.2) is 9.78 Å². The molecule has 0 saturated carbocycles. The van der Waals surface area contributed by atoms with Crippen molar-refractivity contribution in [3.05, 3.63) is 114 Å². The van der Waals surface area contributed by atoms with Crippen LogP contribution in [0, 0.1) is 0 Å². The highest BCUT2D eigenvalue weighted by Gasteiger charge is 2.51. The molecule has 5 rings (SSSR count). The predicted molar refractivity (Wildman–Crippen MR) is 190 cm³/mol. The van der Waals surface area contributed by atoms with Crippen LogP contribution in [0.2, 0.25) is 5.04 Å². The molecule has 0 radical (unpaired) electrons. The molecule has 0 saturated heterocycles. The molecular formula is C38H46N2O4SSi. The summed E-state index contributed by atoms with van der Waals surface area (Å²) in [6.07, 6.45) is 0.611. The average Bonchev–Trinajstić information content (AvgIpc) is 3.40. The number of rotatable bonds is 10. The van der Waals surface area contributed by atoms with Gasteiger partial charge in [0.1, 0.15) is 10.4 Å². The van der Waals surface area contributed by atoms with Gasteiger partial charge in [0.2, 0.25) is 0 Å². The van der Waals surface area contributed by atoms with Gasteiger partial charge in [-0.3, -0.25) is 0 Å². The van der Waals surface area contributed by atoms with E-state index >= 15 is 0 Å². The Morgan fingerprint density at radius 1 is 0.913 bits per heavy atom. The summed E-state index contributed by atoms with van der Waals surface area (Å²) < 4.78 is 28.4. The summed E-state index contributed by atoms with van der Waals surface area (Å²) in [4.78, 5) is 17.9. The molecule has 0 N–H and O–H groups in total. The van der Waals surface area contributed by atoms with Crippen molar-refractivity contribution in [2.24, 2.45) is 0 Å².